The number of hydrogen-bond acceptors (Lipinski definition) is 3. The largest absolute Gasteiger partial charge is 0.394 e. The Bertz CT molecular complexity index is 299. The Balaban J connectivity index is 2.50. The maximum atomic E-state index is 9.31. The van der Waals surface area contributed by atoms with Crippen LogP contribution in [0.15, 0.2) is 18.5 Å². The van der Waals surface area contributed by atoms with Gasteiger partial charge in [-0.05, 0) is 31.5 Å². The molecule has 4 heteroatoms. The Hall–Kier alpha value is -0.840. The van der Waals surface area contributed by atoms with E-state index in [9.17, 15) is 5.11 Å². The molecule has 0 radical (unpaired) electrons. The summed E-state index contributed by atoms with van der Waals surface area (Å²) in [6, 6.07) is 2.37. The summed E-state index contributed by atoms with van der Waals surface area (Å²) in [5.41, 5.74) is 1.21. The van der Waals surface area contributed by atoms with E-state index in [0.717, 1.165) is 13.0 Å². The second-order valence-electron chi connectivity index (χ2n) is 4.15. The molecule has 1 aromatic rings. The Morgan fingerprint density at radius 1 is 1.50 bits per heavy atom. The van der Waals surface area contributed by atoms with Crippen molar-refractivity contribution in [2.24, 2.45) is 0 Å². The molecule has 3 N–H and O–H groups in total. The van der Waals surface area contributed by atoms with Crippen molar-refractivity contribution in [2.75, 3.05) is 13.2 Å². The van der Waals surface area contributed by atoms with Crippen LogP contribution in [-0.2, 0) is 6.54 Å². The fourth-order valence-corrected chi connectivity index (χ4v) is 1.61. The molecule has 1 aromatic heterocycles. The lowest BCUT2D eigenvalue weighted by molar-refractivity contribution is 0.0813. The molecular formula is C12H22N2O2. The van der Waals surface area contributed by atoms with Crippen molar-refractivity contribution in [2.45, 2.75) is 39.0 Å². The minimum atomic E-state index is -0.681. The highest BCUT2D eigenvalue weighted by Crippen LogP contribution is 2.12. The molecule has 0 amide bonds. The second-order valence-corrected chi connectivity index (χ2v) is 4.15. The molecule has 4 nitrogen and oxygen atoms in total. The maximum absolute atomic E-state index is 9.31. The van der Waals surface area contributed by atoms with Crippen molar-refractivity contribution >= 4 is 0 Å². The van der Waals surface area contributed by atoms with E-state index in [4.69, 9.17) is 5.11 Å². The summed E-state index contributed by atoms with van der Waals surface area (Å²) in [5.74, 6) is 0. The molecule has 2 unspecified atom stereocenters. The van der Waals surface area contributed by atoms with Crippen molar-refractivity contribution in [3.05, 3.63) is 24.0 Å². The highest BCUT2D eigenvalue weighted by Gasteiger charge is 2.07. The van der Waals surface area contributed by atoms with Crippen molar-refractivity contribution < 1.29 is 10.2 Å². The Labute approximate surface area is 96.9 Å². The average molecular weight is 226 g/mol. The molecule has 0 bridgehead atoms. The van der Waals surface area contributed by atoms with Gasteiger partial charge in [0.25, 0.3) is 0 Å². The SMILES string of the molecule is CCCNC(C)c1ccn(CC(O)CO)c1. The zero-order valence-corrected chi connectivity index (χ0v) is 10.1. The summed E-state index contributed by atoms with van der Waals surface area (Å²) >= 11 is 0. The fourth-order valence-electron chi connectivity index (χ4n) is 1.61. The van der Waals surface area contributed by atoms with Gasteiger partial charge in [0.05, 0.1) is 19.3 Å². The van der Waals surface area contributed by atoms with Gasteiger partial charge in [0.1, 0.15) is 0 Å². The molecule has 1 rings (SSSR count). The summed E-state index contributed by atoms with van der Waals surface area (Å²) in [7, 11) is 0. The van der Waals surface area contributed by atoms with Crippen molar-refractivity contribution in [3.8, 4) is 0 Å². The number of rotatable bonds is 7. The molecular weight excluding hydrogens is 204 g/mol. The van der Waals surface area contributed by atoms with E-state index in [1.54, 1.807) is 0 Å². The van der Waals surface area contributed by atoms with E-state index >= 15 is 0 Å². The van der Waals surface area contributed by atoms with Crippen LogP contribution in [-0.4, -0.2) is 34.0 Å². The molecule has 0 aliphatic rings. The zero-order valence-electron chi connectivity index (χ0n) is 10.1. The summed E-state index contributed by atoms with van der Waals surface area (Å²) in [5, 5.41) is 21.5. The molecule has 0 aliphatic heterocycles. The van der Waals surface area contributed by atoms with E-state index in [-0.39, 0.29) is 6.61 Å². The van der Waals surface area contributed by atoms with Crippen molar-refractivity contribution in [1.29, 1.82) is 0 Å². The van der Waals surface area contributed by atoms with Gasteiger partial charge in [-0.25, -0.2) is 0 Å². The molecule has 0 saturated carbocycles. The Kier molecular flexibility index (Phi) is 5.52. The number of aromatic nitrogens is 1. The van der Waals surface area contributed by atoms with Gasteiger partial charge in [0.2, 0.25) is 0 Å². The van der Waals surface area contributed by atoms with E-state index in [1.165, 1.54) is 5.56 Å². The second kappa shape index (κ2) is 6.68. The van der Waals surface area contributed by atoms with Crippen LogP contribution in [0, 0.1) is 0 Å². The normalized spacial score (nSPS) is 15.0. The van der Waals surface area contributed by atoms with Gasteiger partial charge in [0.15, 0.2) is 0 Å². The van der Waals surface area contributed by atoms with E-state index in [1.807, 2.05) is 23.0 Å². The van der Waals surface area contributed by atoms with Crippen LogP contribution in [0.4, 0.5) is 0 Å². The molecule has 16 heavy (non-hydrogen) atoms. The predicted molar refractivity (Wildman–Crippen MR) is 64.2 cm³/mol. The molecule has 0 spiro atoms. The van der Waals surface area contributed by atoms with E-state index in [0.29, 0.717) is 12.6 Å². The van der Waals surface area contributed by atoms with Gasteiger partial charge < -0.3 is 20.1 Å². The molecule has 0 saturated heterocycles. The number of nitrogens with zero attached hydrogens (tertiary/aromatic N) is 1. The van der Waals surface area contributed by atoms with Gasteiger partial charge in [-0.15, -0.1) is 0 Å². The molecule has 2 atom stereocenters. The van der Waals surface area contributed by atoms with Crippen LogP contribution in [0.2, 0.25) is 0 Å². The molecule has 0 aromatic carbocycles. The van der Waals surface area contributed by atoms with Crippen molar-refractivity contribution in [1.82, 2.24) is 9.88 Å². The number of hydrogen-bond donors (Lipinski definition) is 3. The van der Waals surface area contributed by atoms with Crippen LogP contribution < -0.4 is 5.32 Å². The van der Waals surface area contributed by atoms with Crippen LogP contribution in [0.5, 0.6) is 0 Å². The monoisotopic (exact) mass is 226 g/mol. The van der Waals surface area contributed by atoms with Crippen molar-refractivity contribution in [3.63, 3.8) is 0 Å². The zero-order chi connectivity index (χ0) is 12.0. The molecule has 0 aliphatic carbocycles. The summed E-state index contributed by atoms with van der Waals surface area (Å²) in [4.78, 5) is 0. The lowest BCUT2D eigenvalue weighted by Crippen LogP contribution is -2.20. The summed E-state index contributed by atoms with van der Waals surface area (Å²) < 4.78 is 1.90. The van der Waals surface area contributed by atoms with Gasteiger partial charge in [-0.1, -0.05) is 6.92 Å². The number of nitrogens with one attached hydrogen (secondary N) is 1. The summed E-state index contributed by atoms with van der Waals surface area (Å²) in [6.07, 6.45) is 4.37. The lowest BCUT2D eigenvalue weighted by Gasteiger charge is -2.11. The van der Waals surface area contributed by atoms with Gasteiger partial charge in [-0.3, -0.25) is 0 Å². The van der Waals surface area contributed by atoms with Gasteiger partial charge in [0, 0.05) is 18.4 Å². The minimum absolute atomic E-state index is 0.197. The fraction of sp³-hybridized carbons (Fsp3) is 0.667. The quantitative estimate of drug-likeness (QED) is 0.647. The lowest BCUT2D eigenvalue weighted by atomic mass is 10.2. The molecule has 0 fully saturated rings. The first kappa shape index (κ1) is 13.2. The third-order valence-corrected chi connectivity index (χ3v) is 2.61. The maximum Gasteiger partial charge on any atom is 0.0949 e. The third kappa shape index (κ3) is 3.96. The summed E-state index contributed by atoms with van der Waals surface area (Å²) in [6.45, 7) is 5.51. The number of aliphatic hydroxyl groups is 2. The average Bonchev–Trinajstić information content (AvgIpc) is 2.74. The van der Waals surface area contributed by atoms with Crippen LogP contribution in [0.1, 0.15) is 31.9 Å². The number of aliphatic hydroxyl groups excluding tert-OH is 2. The Morgan fingerprint density at radius 2 is 2.25 bits per heavy atom. The predicted octanol–water partition coefficient (Wildman–Crippen LogP) is 0.902. The molecule has 92 valence electrons. The van der Waals surface area contributed by atoms with Crippen LogP contribution >= 0.6 is 0 Å². The van der Waals surface area contributed by atoms with Gasteiger partial charge >= 0.3 is 0 Å². The smallest absolute Gasteiger partial charge is 0.0949 e. The van der Waals surface area contributed by atoms with E-state index in [2.05, 4.69) is 19.2 Å². The standard InChI is InChI=1S/C12H22N2O2/c1-3-5-13-10(2)11-4-6-14(7-11)8-12(16)9-15/h4,6-7,10,12-13,15-16H,3,5,8-9H2,1-2H3. The minimum Gasteiger partial charge on any atom is -0.394 e. The van der Waals surface area contributed by atoms with Crippen LogP contribution in [0.3, 0.4) is 0 Å². The van der Waals surface area contributed by atoms with Gasteiger partial charge in [-0.2, -0.15) is 0 Å². The first-order valence-electron chi connectivity index (χ1n) is 5.85. The van der Waals surface area contributed by atoms with Crippen LogP contribution in [0.25, 0.3) is 0 Å². The third-order valence-electron chi connectivity index (χ3n) is 2.61. The highest BCUT2D eigenvalue weighted by atomic mass is 16.3. The molecule has 1 heterocycles. The first-order valence-corrected chi connectivity index (χ1v) is 5.85. The topological polar surface area (TPSA) is 57.4 Å². The highest BCUT2D eigenvalue weighted by molar-refractivity contribution is 5.14. The first-order chi connectivity index (χ1) is 7.67. The Morgan fingerprint density at radius 3 is 2.88 bits per heavy atom. The van der Waals surface area contributed by atoms with E-state index < -0.39 is 6.10 Å².